The molecule has 0 atom stereocenters. The summed E-state index contributed by atoms with van der Waals surface area (Å²) in [6, 6.07) is 0. The Hall–Kier alpha value is 0.855. The van der Waals surface area contributed by atoms with E-state index in [1.807, 2.05) is 0 Å². The summed E-state index contributed by atoms with van der Waals surface area (Å²) in [4.78, 5) is 0. The van der Waals surface area contributed by atoms with Gasteiger partial charge in [-0.25, -0.2) is 0 Å². The summed E-state index contributed by atoms with van der Waals surface area (Å²) in [6.07, 6.45) is 0. The van der Waals surface area contributed by atoms with Crippen molar-refractivity contribution < 1.29 is 27.4 Å². The van der Waals surface area contributed by atoms with Gasteiger partial charge in [0.2, 0.25) is 0 Å². The van der Waals surface area contributed by atoms with Crippen molar-refractivity contribution in [3.05, 3.63) is 0 Å². The maximum absolute atomic E-state index is 8.59. The molecule has 0 aliphatic carbocycles. The summed E-state index contributed by atoms with van der Waals surface area (Å²) in [5, 5.41) is 0. The van der Waals surface area contributed by atoms with E-state index >= 15 is 0 Å². The van der Waals surface area contributed by atoms with Crippen molar-refractivity contribution >= 4 is 23.1 Å². The van der Waals surface area contributed by atoms with Gasteiger partial charge in [-0.3, -0.25) is 0 Å². The fourth-order valence-corrected chi connectivity index (χ4v) is 0. The van der Waals surface area contributed by atoms with Gasteiger partial charge in [-0.1, -0.05) is 0 Å². The van der Waals surface area contributed by atoms with Gasteiger partial charge in [0.1, 0.15) is 0 Å². The Morgan fingerprint density at radius 3 is 1.00 bits per heavy atom. The van der Waals surface area contributed by atoms with Gasteiger partial charge < -0.3 is 0 Å². The first-order chi connectivity index (χ1) is 1.73. The molecule has 3 nitrogen and oxygen atoms in total. The third-order valence-electron chi connectivity index (χ3n) is 0. The van der Waals surface area contributed by atoms with E-state index in [0.29, 0.717) is 0 Å². The molecule has 0 fully saturated rings. The minimum absolute atomic E-state index is 0. The Kier molecular flexibility index (Phi) is 9.02. The average Bonchev–Trinajstić information content (AvgIpc) is 0.811. The first-order valence-electron chi connectivity index (χ1n) is 0.500. The molecule has 0 aliphatic heterocycles. The zero-order valence-electron chi connectivity index (χ0n) is 1.63. The number of rotatable bonds is 0. The maximum atomic E-state index is 8.59. The molecule has 0 N–H and O–H groups in total. The van der Waals surface area contributed by atoms with Gasteiger partial charge in [-0.05, 0) is 0 Å². The summed E-state index contributed by atoms with van der Waals surface area (Å²) in [5.74, 6) is 0. The van der Waals surface area contributed by atoms with E-state index in [2.05, 4.69) is 0 Å². The second-order valence-corrected chi connectivity index (χ2v) is 1.21. The zero-order chi connectivity index (χ0) is 3.58. The van der Waals surface area contributed by atoms with Gasteiger partial charge >= 0.3 is 50.4 Å². The van der Waals surface area contributed by atoms with Crippen molar-refractivity contribution in [3.8, 4) is 0 Å². The summed E-state index contributed by atoms with van der Waals surface area (Å²) >= 11 is -4.11. The monoisotopic (exact) mass is 172 g/mol. The summed E-state index contributed by atoms with van der Waals surface area (Å²) in [5.41, 5.74) is 0. The van der Waals surface area contributed by atoms with Crippen LogP contribution in [0.4, 0.5) is 0 Å². The Labute approximate surface area is 50.4 Å². The first kappa shape index (κ1) is 9.29. The fraction of sp³-hybridized carbons (Fsp3) is 0. The molecule has 5 heavy (non-hydrogen) atoms. The standard InChI is InChI=1S/Mg.Mo.3O.2H. The Bertz CT molecular complexity index is 76.3. The molecule has 0 spiro atoms. The third kappa shape index (κ3) is 54.2. The predicted molar refractivity (Wildman–Crippen MR) is 10.6 cm³/mol. The molecule has 0 heterocycles. The molecular weight excluding hydrogens is 168 g/mol. The van der Waals surface area contributed by atoms with E-state index in [9.17, 15) is 0 Å². The minimum atomic E-state index is -4.11. The van der Waals surface area contributed by atoms with Crippen molar-refractivity contribution in [3.63, 3.8) is 0 Å². The normalized spacial score (nSPS) is 4.80. The van der Waals surface area contributed by atoms with Crippen LogP contribution in [-0.4, -0.2) is 23.1 Å². The molecule has 0 bridgehead atoms. The van der Waals surface area contributed by atoms with Crippen LogP contribution in [0.25, 0.3) is 0 Å². The first-order valence-corrected chi connectivity index (χ1v) is 2.96. The Balaban J connectivity index is 0. The molecule has 0 saturated carbocycles. The Morgan fingerprint density at radius 1 is 1.00 bits per heavy atom. The van der Waals surface area contributed by atoms with Gasteiger partial charge in [0.15, 0.2) is 0 Å². The van der Waals surface area contributed by atoms with Gasteiger partial charge in [-0.2, -0.15) is 0 Å². The van der Waals surface area contributed by atoms with E-state index in [4.69, 9.17) is 10.2 Å². The van der Waals surface area contributed by atoms with Crippen molar-refractivity contribution in [2.45, 2.75) is 0 Å². The van der Waals surface area contributed by atoms with Crippen molar-refractivity contribution in [2.24, 2.45) is 0 Å². The van der Waals surface area contributed by atoms with Gasteiger partial charge in [0.25, 0.3) is 0 Å². The van der Waals surface area contributed by atoms with Crippen LogP contribution in [0.3, 0.4) is 0 Å². The molecule has 0 radical (unpaired) electrons. The topological polar surface area (TPSA) is 51.2 Å². The van der Waals surface area contributed by atoms with E-state index in [-0.39, 0.29) is 23.1 Å². The summed E-state index contributed by atoms with van der Waals surface area (Å²) < 4.78 is 25.8. The second-order valence-electron chi connectivity index (χ2n) is 0.204. The van der Waals surface area contributed by atoms with Gasteiger partial charge in [0.05, 0.1) is 0 Å². The van der Waals surface area contributed by atoms with E-state index in [1.54, 1.807) is 0 Å². The summed E-state index contributed by atoms with van der Waals surface area (Å²) in [6.45, 7) is 0. The van der Waals surface area contributed by atoms with Crippen molar-refractivity contribution in [1.82, 2.24) is 0 Å². The van der Waals surface area contributed by atoms with Crippen LogP contribution >= 0.6 is 0 Å². The number of hydrogen-bond acceptors (Lipinski definition) is 3. The molecule has 0 aliphatic rings. The summed E-state index contributed by atoms with van der Waals surface area (Å²) in [7, 11) is 0. The molecule has 0 aromatic carbocycles. The third-order valence-corrected chi connectivity index (χ3v) is 0. The molecular formula is H2MgMoO3. The number of hydrogen-bond donors (Lipinski definition) is 0. The molecule has 0 aromatic heterocycles. The van der Waals surface area contributed by atoms with Crippen LogP contribution in [0.1, 0.15) is 0 Å². The SMILES string of the molecule is [MgH2].[O]=[Mo](=[O])=[O]. The van der Waals surface area contributed by atoms with Crippen molar-refractivity contribution in [1.29, 1.82) is 0 Å². The fourth-order valence-electron chi connectivity index (χ4n) is 0. The van der Waals surface area contributed by atoms with Crippen LogP contribution < -0.4 is 0 Å². The Morgan fingerprint density at radius 2 is 1.00 bits per heavy atom. The molecule has 0 aromatic rings. The molecule has 0 saturated heterocycles. The predicted octanol–water partition coefficient (Wildman–Crippen LogP) is -1.28. The van der Waals surface area contributed by atoms with Crippen molar-refractivity contribution in [2.75, 3.05) is 0 Å². The van der Waals surface area contributed by atoms with Crippen LogP contribution in [-0.2, 0) is 27.4 Å². The van der Waals surface area contributed by atoms with E-state index < -0.39 is 17.2 Å². The second kappa shape index (κ2) is 4.85. The van der Waals surface area contributed by atoms with Crippen LogP contribution in [0.15, 0.2) is 0 Å². The van der Waals surface area contributed by atoms with Crippen LogP contribution in [0.5, 0.6) is 0 Å². The van der Waals surface area contributed by atoms with Crippen LogP contribution in [0, 0.1) is 0 Å². The van der Waals surface area contributed by atoms with E-state index in [0.717, 1.165) is 0 Å². The van der Waals surface area contributed by atoms with Gasteiger partial charge in [0, 0.05) is 0 Å². The van der Waals surface area contributed by atoms with Crippen LogP contribution in [0.2, 0.25) is 0 Å². The molecule has 5 heteroatoms. The molecule has 0 rings (SSSR count). The zero-order valence-corrected chi connectivity index (χ0v) is 3.64. The molecule has 0 amide bonds. The average molecular weight is 170 g/mol. The van der Waals surface area contributed by atoms with E-state index in [1.165, 1.54) is 0 Å². The van der Waals surface area contributed by atoms with Gasteiger partial charge in [-0.15, -0.1) is 0 Å². The molecule has 28 valence electrons. The molecule has 0 unspecified atom stereocenters. The quantitative estimate of drug-likeness (QED) is 0.426.